The highest BCUT2D eigenvalue weighted by Gasteiger charge is 2.05. The Balaban J connectivity index is 2.16. The molecule has 0 amide bonds. The predicted octanol–water partition coefficient (Wildman–Crippen LogP) is 3.25. The Morgan fingerprint density at radius 1 is 1.25 bits per heavy atom. The minimum absolute atomic E-state index is 0.404. The molecule has 4 heteroatoms. The van der Waals surface area contributed by atoms with E-state index in [1.807, 2.05) is 49.4 Å². The molecule has 2 aromatic carbocycles. The van der Waals surface area contributed by atoms with E-state index in [4.69, 9.17) is 22.7 Å². The maximum absolute atomic E-state index is 5.77. The number of anilines is 1. The van der Waals surface area contributed by atoms with Crippen LogP contribution in [0.3, 0.4) is 0 Å². The summed E-state index contributed by atoms with van der Waals surface area (Å²) in [4.78, 5) is 0.404. The number of nitrogens with two attached hydrogens (primary N) is 1. The lowest BCUT2D eigenvalue weighted by molar-refractivity contribution is 0.414. The van der Waals surface area contributed by atoms with Crippen molar-refractivity contribution in [2.75, 3.05) is 12.4 Å². The summed E-state index contributed by atoms with van der Waals surface area (Å²) in [5, 5.41) is 3.37. The summed E-state index contributed by atoms with van der Waals surface area (Å²) in [5.74, 6) is 0.850. The van der Waals surface area contributed by atoms with Crippen LogP contribution in [-0.4, -0.2) is 12.1 Å². The van der Waals surface area contributed by atoms with Gasteiger partial charge in [0.25, 0.3) is 0 Å². The summed E-state index contributed by atoms with van der Waals surface area (Å²) in [6.45, 7) is 2.71. The van der Waals surface area contributed by atoms with Gasteiger partial charge >= 0.3 is 0 Å². The summed E-state index contributed by atoms with van der Waals surface area (Å²) in [6.07, 6.45) is 0. The lowest BCUT2D eigenvalue weighted by atomic mass is 10.1. The fourth-order valence-corrected chi connectivity index (χ4v) is 2.16. The molecule has 104 valence electrons. The van der Waals surface area contributed by atoms with Crippen molar-refractivity contribution in [2.45, 2.75) is 13.5 Å². The molecule has 2 rings (SSSR count). The lowest BCUT2D eigenvalue weighted by Gasteiger charge is -2.12. The molecule has 3 N–H and O–H groups in total. The van der Waals surface area contributed by atoms with Gasteiger partial charge in [0.15, 0.2) is 0 Å². The molecule has 0 aromatic heterocycles. The molecule has 0 aliphatic rings. The number of aryl methyl sites for hydroxylation is 1. The molecular weight excluding hydrogens is 268 g/mol. The van der Waals surface area contributed by atoms with E-state index in [1.54, 1.807) is 7.11 Å². The SMILES string of the molecule is COc1cccc(CNc2ccc(C)cc2C(N)=S)c1. The number of thiocarbonyl (C=S) groups is 1. The summed E-state index contributed by atoms with van der Waals surface area (Å²) in [6, 6.07) is 14.0. The van der Waals surface area contributed by atoms with Gasteiger partial charge in [-0.1, -0.05) is 36.0 Å². The molecule has 0 radical (unpaired) electrons. The van der Waals surface area contributed by atoms with Gasteiger partial charge in [0.05, 0.1) is 7.11 Å². The first-order chi connectivity index (χ1) is 9.60. The fourth-order valence-electron chi connectivity index (χ4n) is 2.00. The molecule has 0 fully saturated rings. The monoisotopic (exact) mass is 286 g/mol. The zero-order chi connectivity index (χ0) is 14.5. The molecule has 0 atom stereocenters. The van der Waals surface area contributed by atoms with Crippen LogP contribution in [0.4, 0.5) is 5.69 Å². The van der Waals surface area contributed by atoms with Crippen molar-refractivity contribution < 1.29 is 4.74 Å². The Hall–Kier alpha value is -2.07. The van der Waals surface area contributed by atoms with E-state index in [0.29, 0.717) is 11.5 Å². The predicted molar refractivity (Wildman–Crippen MR) is 87.4 cm³/mol. The molecule has 0 aliphatic heterocycles. The molecule has 0 unspecified atom stereocenters. The van der Waals surface area contributed by atoms with Gasteiger partial charge in [-0.3, -0.25) is 0 Å². The average Bonchev–Trinajstić information content (AvgIpc) is 2.46. The first-order valence-corrected chi connectivity index (χ1v) is 6.78. The van der Waals surface area contributed by atoms with E-state index in [2.05, 4.69) is 5.32 Å². The summed E-state index contributed by atoms with van der Waals surface area (Å²) >= 11 is 5.10. The Kier molecular flexibility index (Phi) is 4.58. The van der Waals surface area contributed by atoms with Gasteiger partial charge in [0.1, 0.15) is 10.7 Å². The lowest BCUT2D eigenvalue weighted by Crippen LogP contribution is -2.13. The third-order valence-electron chi connectivity index (χ3n) is 3.06. The zero-order valence-corrected chi connectivity index (χ0v) is 12.5. The van der Waals surface area contributed by atoms with Crippen LogP contribution in [0.5, 0.6) is 5.75 Å². The normalized spacial score (nSPS) is 10.1. The number of hydrogen-bond acceptors (Lipinski definition) is 3. The zero-order valence-electron chi connectivity index (χ0n) is 11.6. The van der Waals surface area contributed by atoms with Gasteiger partial charge in [-0.05, 0) is 36.8 Å². The quantitative estimate of drug-likeness (QED) is 0.828. The van der Waals surface area contributed by atoms with Crippen molar-refractivity contribution >= 4 is 22.9 Å². The number of benzene rings is 2. The number of hydrogen-bond donors (Lipinski definition) is 2. The molecule has 20 heavy (non-hydrogen) atoms. The third kappa shape index (κ3) is 3.48. The van der Waals surface area contributed by atoms with E-state index >= 15 is 0 Å². The van der Waals surface area contributed by atoms with Crippen LogP contribution >= 0.6 is 12.2 Å². The van der Waals surface area contributed by atoms with E-state index in [-0.39, 0.29) is 0 Å². The molecule has 0 spiro atoms. The Bertz CT molecular complexity index is 626. The van der Waals surface area contributed by atoms with E-state index in [0.717, 1.165) is 28.1 Å². The van der Waals surface area contributed by atoms with Gasteiger partial charge in [-0.25, -0.2) is 0 Å². The maximum atomic E-state index is 5.77. The topological polar surface area (TPSA) is 47.3 Å². The Morgan fingerprint density at radius 2 is 2.05 bits per heavy atom. The van der Waals surface area contributed by atoms with Crippen LogP contribution in [0, 0.1) is 6.92 Å². The highest BCUT2D eigenvalue weighted by Crippen LogP contribution is 2.19. The van der Waals surface area contributed by atoms with Crippen LogP contribution in [0.25, 0.3) is 0 Å². The van der Waals surface area contributed by atoms with Crippen LogP contribution in [0.2, 0.25) is 0 Å². The molecule has 0 bridgehead atoms. The van der Waals surface area contributed by atoms with Crippen LogP contribution in [0.1, 0.15) is 16.7 Å². The second-order valence-electron chi connectivity index (χ2n) is 4.62. The van der Waals surface area contributed by atoms with Crippen molar-refractivity contribution in [2.24, 2.45) is 5.73 Å². The second kappa shape index (κ2) is 6.39. The summed E-state index contributed by atoms with van der Waals surface area (Å²) in [7, 11) is 1.66. The third-order valence-corrected chi connectivity index (χ3v) is 3.28. The first-order valence-electron chi connectivity index (χ1n) is 6.37. The second-order valence-corrected chi connectivity index (χ2v) is 5.06. The molecular formula is C16H18N2OS. The molecule has 0 saturated carbocycles. The van der Waals surface area contributed by atoms with Crippen molar-refractivity contribution in [3.63, 3.8) is 0 Å². The minimum Gasteiger partial charge on any atom is -0.497 e. The number of rotatable bonds is 5. The van der Waals surface area contributed by atoms with Crippen molar-refractivity contribution in [1.82, 2.24) is 0 Å². The van der Waals surface area contributed by atoms with Crippen molar-refractivity contribution in [1.29, 1.82) is 0 Å². The average molecular weight is 286 g/mol. The van der Waals surface area contributed by atoms with E-state index in [9.17, 15) is 0 Å². The summed E-state index contributed by atoms with van der Waals surface area (Å²) in [5.41, 5.74) is 9.87. The van der Waals surface area contributed by atoms with Gasteiger partial charge < -0.3 is 15.8 Å². The number of methoxy groups -OCH3 is 1. The van der Waals surface area contributed by atoms with Crippen LogP contribution in [-0.2, 0) is 6.54 Å². The molecule has 0 aliphatic carbocycles. The Morgan fingerprint density at radius 3 is 2.75 bits per heavy atom. The van der Waals surface area contributed by atoms with Crippen LogP contribution in [0.15, 0.2) is 42.5 Å². The molecule has 0 saturated heterocycles. The standard InChI is InChI=1S/C16H18N2OS/c1-11-6-7-15(14(8-11)16(17)20)18-10-12-4-3-5-13(9-12)19-2/h3-9,18H,10H2,1-2H3,(H2,17,20). The number of ether oxygens (including phenoxy) is 1. The Labute approximate surface area is 124 Å². The molecule has 0 heterocycles. The molecule has 2 aromatic rings. The van der Waals surface area contributed by atoms with Crippen molar-refractivity contribution in [3.05, 3.63) is 59.2 Å². The maximum Gasteiger partial charge on any atom is 0.119 e. The van der Waals surface area contributed by atoms with Crippen LogP contribution < -0.4 is 15.8 Å². The first kappa shape index (κ1) is 14.3. The smallest absolute Gasteiger partial charge is 0.119 e. The number of nitrogens with one attached hydrogen (secondary N) is 1. The van der Waals surface area contributed by atoms with Gasteiger partial charge in [0, 0.05) is 17.8 Å². The molecule has 3 nitrogen and oxygen atoms in total. The highest BCUT2D eigenvalue weighted by atomic mass is 32.1. The minimum atomic E-state index is 0.404. The fraction of sp³-hybridized carbons (Fsp3) is 0.188. The van der Waals surface area contributed by atoms with Gasteiger partial charge in [-0.2, -0.15) is 0 Å². The van der Waals surface area contributed by atoms with E-state index < -0.39 is 0 Å². The van der Waals surface area contributed by atoms with Crippen molar-refractivity contribution in [3.8, 4) is 5.75 Å². The van der Waals surface area contributed by atoms with Gasteiger partial charge in [-0.15, -0.1) is 0 Å². The van der Waals surface area contributed by atoms with E-state index in [1.165, 1.54) is 0 Å². The largest absolute Gasteiger partial charge is 0.497 e. The summed E-state index contributed by atoms with van der Waals surface area (Å²) < 4.78 is 5.22. The highest BCUT2D eigenvalue weighted by molar-refractivity contribution is 7.80. The van der Waals surface area contributed by atoms with Gasteiger partial charge in [0.2, 0.25) is 0 Å².